The average molecular weight is 244 g/mol. The molecule has 17 heavy (non-hydrogen) atoms. The van der Waals surface area contributed by atoms with Crippen molar-refractivity contribution in [2.75, 3.05) is 13.7 Å². The van der Waals surface area contributed by atoms with Gasteiger partial charge in [0.1, 0.15) is 0 Å². The van der Waals surface area contributed by atoms with Crippen molar-refractivity contribution < 1.29 is 19.4 Å². The van der Waals surface area contributed by atoms with Crippen LogP contribution in [0.3, 0.4) is 0 Å². The van der Waals surface area contributed by atoms with Gasteiger partial charge in [-0.1, -0.05) is 12.8 Å². The van der Waals surface area contributed by atoms with Crippen LogP contribution in [-0.4, -0.2) is 42.9 Å². The molecular formula is C11H20N2O4. The summed E-state index contributed by atoms with van der Waals surface area (Å²) in [7, 11) is 1.65. The van der Waals surface area contributed by atoms with Gasteiger partial charge in [-0.15, -0.1) is 0 Å². The Balaban J connectivity index is 2.26. The second-order valence-electron chi connectivity index (χ2n) is 4.21. The SMILES string of the molecule is CO[C@@H]1CCCC[C@H]1NC(=O)NCCC(=O)O. The highest BCUT2D eigenvalue weighted by Crippen LogP contribution is 2.20. The molecule has 2 atom stereocenters. The number of carbonyl (C=O) groups excluding carboxylic acids is 1. The number of ether oxygens (including phenoxy) is 1. The third-order valence-electron chi connectivity index (χ3n) is 2.95. The Morgan fingerprint density at radius 3 is 2.71 bits per heavy atom. The van der Waals surface area contributed by atoms with Gasteiger partial charge in [0.2, 0.25) is 0 Å². The van der Waals surface area contributed by atoms with E-state index >= 15 is 0 Å². The van der Waals surface area contributed by atoms with Gasteiger partial charge in [-0.3, -0.25) is 4.79 Å². The van der Waals surface area contributed by atoms with Crippen LogP contribution in [0.4, 0.5) is 4.79 Å². The van der Waals surface area contributed by atoms with Crippen molar-refractivity contribution in [1.82, 2.24) is 10.6 Å². The molecule has 0 spiro atoms. The zero-order valence-corrected chi connectivity index (χ0v) is 10.1. The molecule has 1 rings (SSSR count). The third kappa shape index (κ3) is 5.04. The van der Waals surface area contributed by atoms with Crippen LogP contribution in [0.25, 0.3) is 0 Å². The second kappa shape index (κ2) is 7.11. The molecule has 0 unspecified atom stereocenters. The highest BCUT2D eigenvalue weighted by molar-refractivity contribution is 5.75. The molecule has 2 amide bonds. The molecule has 6 heteroatoms. The predicted octanol–water partition coefficient (Wildman–Crippen LogP) is 0.718. The summed E-state index contributed by atoms with van der Waals surface area (Å²) >= 11 is 0. The minimum Gasteiger partial charge on any atom is -0.481 e. The number of carboxylic acids is 1. The third-order valence-corrected chi connectivity index (χ3v) is 2.95. The topological polar surface area (TPSA) is 87.7 Å². The van der Waals surface area contributed by atoms with Crippen molar-refractivity contribution >= 4 is 12.0 Å². The summed E-state index contributed by atoms with van der Waals surface area (Å²) < 4.78 is 5.31. The van der Waals surface area contributed by atoms with Crippen LogP contribution in [0.5, 0.6) is 0 Å². The van der Waals surface area contributed by atoms with Crippen LogP contribution in [-0.2, 0) is 9.53 Å². The molecule has 0 aromatic rings. The fourth-order valence-electron chi connectivity index (χ4n) is 2.05. The lowest BCUT2D eigenvalue weighted by Gasteiger charge is -2.30. The fraction of sp³-hybridized carbons (Fsp3) is 0.818. The first-order chi connectivity index (χ1) is 8.13. The van der Waals surface area contributed by atoms with Gasteiger partial charge in [-0.05, 0) is 12.8 Å². The lowest BCUT2D eigenvalue weighted by atomic mass is 9.92. The van der Waals surface area contributed by atoms with E-state index in [9.17, 15) is 9.59 Å². The quantitative estimate of drug-likeness (QED) is 0.665. The molecule has 0 saturated heterocycles. The number of methoxy groups -OCH3 is 1. The first-order valence-electron chi connectivity index (χ1n) is 5.92. The summed E-state index contributed by atoms with van der Waals surface area (Å²) in [6.07, 6.45) is 4.07. The molecule has 3 N–H and O–H groups in total. The van der Waals surface area contributed by atoms with E-state index in [1.807, 2.05) is 0 Å². The number of urea groups is 1. The number of nitrogens with one attached hydrogen (secondary N) is 2. The zero-order chi connectivity index (χ0) is 12.7. The zero-order valence-electron chi connectivity index (χ0n) is 10.1. The van der Waals surface area contributed by atoms with E-state index in [1.54, 1.807) is 7.11 Å². The van der Waals surface area contributed by atoms with Gasteiger partial charge in [0.15, 0.2) is 0 Å². The lowest BCUT2D eigenvalue weighted by molar-refractivity contribution is -0.136. The Bertz CT molecular complexity index is 270. The molecule has 1 fully saturated rings. The molecule has 98 valence electrons. The van der Waals surface area contributed by atoms with Gasteiger partial charge in [0.05, 0.1) is 18.6 Å². The van der Waals surface area contributed by atoms with Gasteiger partial charge in [0, 0.05) is 13.7 Å². The van der Waals surface area contributed by atoms with E-state index in [-0.39, 0.29) is 31.1 Å². The molecule has 1 aliphatic carbocycles. The maximum atomic E-state index is 11.5. The number of hydrogen-bond donors (Lipinski definition) is 3. The van der Waals surface area contributed by atoms with Crippen LogP contribution in [0, 0.1) is 0 Å². The van der Waals surface area contributed by atoms with Crippen LogP contribution < -0.4 is 10.6 Å². The number of hydrogen-bond acceptors (Lipinski definition) is 3. The Kier molecular flexibility index (Phi) is 5.76. The van der Waals surface area contributed by atoms with Gasteiger partial charge < -0.3 is 20.5 Å². The number of rotatable bonds is 5. The molecule has 1 saturated carbocycles. The summed E-state index contributed by atoms with van der Waals surface area (Å²) in [5.41, 5.74) is 0. The normalized spacial score (nSPS) is 24.1. The summed E-state index contributed by atoms with van der Waals surface area (Å²) in [4.78, 5) is 21.8. The molecule has 0 bridgehead atoms. The minimum atomic E-state index is -0.919. The number of carbonyl (C=O) groups is 2. The number of amides is 2. The highest BCUT2D eigenvalue weighted by atomic mass is 16.5. The fourth-order valence-corrected chi connectivity index (χ4v) is 2.05. The van der Waals surface area contributed by atoms with Gasteiger partial charge in [-0.25, -0.2) is 4.79 Å². The van der Waals surface area contributed by atoms with Crippen molar-refractivity contribution in [1.29, 1.82) is 0 Å². The van der Waals surface area contributed by atoms with E-state index in [4.69, 9.17) is 9.84 Å². The van der Waals surface area contributed by atoms with Crippen LogP contribution in [0.15, 0.2) is 0 Å². The van der Waals surface area contributed by atoms with Crippen LogP contribution >= 0.6 is 0 Å². The van der Waals surface area contributed by atoms with Gasteiger partial charge >= 0.3 is 12.0 Å². The molecule has 6 nitrogen and oxygen atoms in total. The number of aliphatic carboxylic acids is 1. The average Bonchev–Trinajstić information content (AvgIpc) is 2.29. The summed E-state index contributed by atoms with van der Waals surface area (Å²) in [6, 6.07) is -0.293. The van der Waals surface area contributed by atoms with Crippen LogP contribution in [0.2, 0.25) is 0 Å². The second-order valence-corrected chi connectivity index (χ2v) is 4.21. The van der Waals surface area contributed by atoms with E-state index in [2.05, 4.69) is 10.6 Å². The van der Waals surface area contributed by atoms with Crippen molar-refractivity contribution in [2.24, 2.45) is 0 Å². The Morgan fingerprint density at radius 2 is 2.06 bits per heavy atom. The largest absolute Gasteiger partial charge is 0.481 e. The molecule has 0 aromatic heterocycles. The van der Waals surface area contributed by atoms with Gasteiger partial charge in [-0.2, -0.15) is 0 Å². The maximum Gasteiger partial charge on any atom is 0.315 e. The van der Waals surface area contributed by atoms with E-state index in [1.165, 1.54) is 0 Å². The van der Waals surface area contributed by atoms with Crippen LogP contribution in [0.1, 0.15) is 32.1 Å². The monoisotopic (exact) mass is 244 g/mol. The first-order valence-corrected chi connectivity index (χ1v) is 5.92. The maximum absolute atomic E-state index is 11.5. The predicted molar refractivity (Wildman–Crippen MR) is 61.8 cm³/mol. The van der Waals surface area contributed by atoms with Crippen molar-refractivity contribution in [3.63, 3.8) is 0 Å². The van der Waals surface area contributed by atoms with E-state index < -0.39 is 5.97 Å². The molecule has 0 aromatic carbocycles. The van der Waals surface area contributed by atoms with Gasteiger partial charge in [0.25, 0.3) is 0 Å². The van der Waals surface area contributed by atoms with E-state index in [0.29, 0.717) is 0 Å². The summed E-state index contributed by atoms with van der Waals surface area (Å²) in [5.74, 6) is -0.919. The first kappa shape index (κ1) is 13.8. The lowest BCUT2D eigenvalue weighted by Crippen LogP contribution is -2.49. The van der Waals surface area contributed by atoms with Crippen molar-refractivity contribution in [3.8, 4) is 0 Å². The molecule has 0 radical (unpaired) electrons. The molecular weight excluding hydrogens is 224 g/mol. The smallest absolute Gasteiger partial charge is 0.315 e. The summed E-state index contributed by atoms with van der Waals surface area (Å²) in [6.45, 7) is 0.144. The van der Waals surface area contributed by atoms with Crippen molar-refractivity contribution in [2.45, 2.75) is 44.2 Å². The van der Waals surface area contributed by atoms with Crippen molar-refractivity contribution in [3.05, 3.63) is 0 Å². The Hall–Kier alpha value is -1.30. The summed E-state index contributed by atoms with van der Waals surface area (Å²) in [5, 5.41) is 13.8. The highest BCUT2D eigenvalue weighted by Gasteiger charge is 2.25. The molecule has 1 aliphatic rings. The standard InChI is InChI=1S/C11H20N2O4/c1-17-9-5-3-2-4-8(9)13-11(16)12-7-6-10(14)15/h8-9H,2-7H2,1H3,(H,14,15)(H2,12,13,16)/t8-,9-/m1/s1. The molecule has 0 aliphatic heterocycles. The number of carboxylic acid groups (broad SMARTS) is 1. The Labute approximate surface area is 101 Å². The minimum absolute atomic E-state index is 0.0265. The molecule has 0 heterocycles. The van der Waals surface area contributed by atoms with E-state index in [0.717, 1.165) is 25.7 Å². The Morgan fingerprint density at radius 1 is 1.35 bits per heavy atom.